The first-order valence-corrected chi connectivity index (χ1v) is 7.61. The van der Waals surface area contributed by atoms with Crippen molar-refractivity contribution in [1.82, 2.24) is 10.3 Å². The van der Waals surface area contributed by atoms with Crippen LogP contribution in [-0.2, 0) is 11.3 Å². The zero-order chi connectivity index (χ0) is 14.4. The van der Waals surface area contributed by atoms with Crippen LogP contribution in [0.25, 0.3) is 0 Å². The Morgan fingerprint density at radius 3 is 2.90 bits per heavy atom. The van der Waals surface area contributed by atoms with Crippen molar-refractivity contribution in [2.24, 2.45) is 5.92 Å². The molecule has 0 atom stereocenters. The van der Waals surface area contributed by atoms with E-state index >= 15 is 0 Å². The topological polar surface area (TPSA) is 37.4 Å². The van der Waals surface area contributed by atoms with Crippen LogP contribution in [0.5, 0.6) is 0 Å². The third-order valence-corrected chi connectivity index (χ3v) is 3.59. The van der Waals surface area contributed by atoms with Crippen molar-refractivity contribution in [3.05, 3.63) is 24.0 Å². The lowest BCUT2D eigenvalue weighted by Crippen LogP contribution is -2.31. The maximum atomic E-state index is 5.25. The van der Waals surface area contributed by atoms with Gasteiger partial charge in [-0.2, -0.15) is 0 Å². The number of ether oxygens (including phenoxy) is 1. The average molecular weight is 277 g/mol. The van der Waals surface area contributed by atoms with Gasteiger partial charge >= 0.3 is 0 Å². The Balaban J connectivity index is 2.04. The summed E-state index contributed by atoms with van der Waals surface area (Å²) in [5, 5.41) is 3.53. The largest absolute Gasteiger partial charge is 0.383 e. The van der Waals surface area contributed by atoms with Gasteiger partial charge in [-0.05, 0) is 36.9 Å². The fraction of sp³-hybridized carbons (Fsp3) is 0.688. The predicted octanol–water partition coefficient (Wildman–Crippen LogP) is 2.44. The van der Waals surface area contributed by atoms with Crippen molar-refractivity contribution in [3.8, 4) is 0 Å². The zero-order valence-electron chi connectivity index (χ0n) is 12.9. The Morgan fingerprint density at radius 1 is 1.45 bits per heavy atom. The highest BCUT2D eigenvalue weighted by molar-refractivity contribution is 5.53. The first kappa shape index (κ1) is 15.3. The lowest BCUT2D eigenvalue weighted by atomic mass is 10.1. The van der Waals surface area contributed by atoms with Gasteiger partial charge in [0.1, 0.15) is 0 Å². The van der Waals surface area contributed by atoms with E-state index in [9.17, 15) is 0 Å². The highest BCUT2D eigenvalue weighted by atomic mass is 16.5. The molecule has 112 valence electrons. The Bertz CT molecular complexity index is 404. The van der Waals surface area contributed by atoms with Crippen LogP contribution in [-0.4, -0.2) is 37.8 Å². The molecule has 0 amide bonds. The first-order valence-electron chi connectivity index (χ1n) is 7.61. The zero-order valence-corrected chi connectivity index (χ0v) is 12.9. The summed E-state index contributed by atoms with van der Waals surface area (Å²) < 4.78 is 5.25. The maximum Gasteiger partial charge on any atom is 0.0637 e. The second kappa shape index (κ2) is 7.60. The minimum absolute atomic E-state index is 0.674. The third-order valence-electron chi connectivity index (χ3n) is 3.59. The van der Waals surface area contributed by atoms with Gasteiger partial charge in [-0.3, -0.25) is 4.98 Å². The Kier molecular flexibility index (Phi) is 5.80. The monoisotopic (exact) mass is 277 g/mol. The minimum Gasteiger partial charge on any atom is -0.383 e. The molecule has 0 aliphatic heterocycles. The number of methoxy groups -OCH3 is 1. The van der Waals surface area contributed by atoms with Crippen LogP contribution >= 0.6 is 0 Å². The average Bonchev–Trinajstić information content (AvgIpc) is 3.25. The van der Waals surface area contributed by atoms with Crippen LogP contribution in [0.2, 0.25) is 0 Å². The summed E-state index contributed by atoms with van der Waals surface area (Å²) in [6.45, 7) is 8.13. The van der Waals surface area contributed by atoms with Gasteiger partial charge in [0.25, 0.3) is 0 Å². The third kappa shape index (κ3) is 4.46. The quantitative estimate of drug-likeness (QED) is 0.752. The number of rotatable bonds is 9. The fourth-order valence-corrected chi connectivity index (χ4v) is 2.39. The summed E-state index contributed by atoms with van der Waals surface area (Å²) in [4.78, 5) is 6.78. The molecule has 1 aliphatic rings. The molecule has 0 bridgehead atoms. The standard InChI is InChI=1S/C16H27N3O/c1-13(2)10-18-11-14-6-7-17-12-16(14)19(8-9-20-3)15-4-5-15/h6-7,12-13,15,18H,4-5,8-11H2,1-3H3. The number of nitrogens with zero attached hydrogens (tertiary/aromatic N) is 2. The van der Waals surface area contributed by atoms with E-state index in [2.05, 4.69) is 35.1 Å². The summed E-state index contributed by atoms with van der Waals surface area (Å²) in [5.74, 6) is 0.674. The Labute approximate surface area is 122 Å². The van der Waals surface area contributed by atoms with Crippen LogP contribution in [0.4, 0.5) is 5.69 Å². The van der Waals surface area contributed by atoms with E-state index in [-0.39, 0.29) is 0 Å². The summed E-state index contributed by atoms with van der Waals surface area (Å²) in [5.41, 5.74) is 2.60. The molecule has 0 unspecified atom stereocenters. The number of anilines is 1. The summed E-state index contributed by atoms with van der Waals surface area (Å²) >= 11 is 0. The molecule has 1 saturated carbocycles. The molecule has 1 aromatic rings. The molecule has 1 aliphatic carbocycles. The molecular formula is C16H27N3O. The number of nitrogens with one attached hydrogen (secondary N) is 1. The van der Waals surface area contributed by atoms with E-state index < -0.39 is 0 Å². The molecule has 0 spiro atoms. The molecule has 1 aromatic heterocycles. The number of aromatic nitrogens is 1. The first-order chi connectivity index (χ1) is 9.72. The van der Waals surface area contributed by atoms with Crippen LogP contribution in [0.1, 0.15) is 32.3 Å². The van der Waals surface area contributed by atoms with Gasteiger partial charge in [0, 0.05) is 32.4 Å². The SMILES string of the molecule is COCCN(c1cnccc1CNCC(C)C)C1CC1. The van der Waals surface area contributed by atoms with Gasteiger partial charge in [0.15, 0.2) is 0 Å². The van der Waals surface area contributed by atoms with E-state index in [1.165, 1.54) is 24.1 Å². The molecular weight excluding hydrogens is 250 g/mol. The number of pyridine rings is 1. The number of hydrogen-bond donors (Lipinski definition) is 1. The maximum absolute atomic E-state index is 5.25. The predicted molar refractivity (Wildman–Crippen MR) is 83.0 cm³/mol. The molecule has 4 heteroatoms. The normalized spacial score (nSPS) is 14.8. The molecule has 2 rings (SSSR count). The van der Waals surface area contributed by atoms with E-state index in [0.29, 0.717) is 12.0 Å². The van der Waals surface area contributed by atoms with Gasteiger partial charge in [-0.25, -0.2) is 0 Å². The molecule has 1 heterocycles. The van der Waals surface area contributed by atoms with Crippen molar-refractivity contribution < 1.29 is 4.74 Å². The highest BCUT2D eigenvalue weighted by Crippen LogP contribution is 2.32. The van der Waals surface area contributed by atoms with Crippen molar-refractivity contribution in [3.63, 3.8) is 0 Å². The smallest absolute Gasteiger partial charge is 0.0637 e. The van der Waals surface area contributed by atoms with Gasteiger partial charge in [-0.1, -0.05) is 13.8 Å². The molecule has 20 heavy (non-hydrogen) atoms. The van der Waals surface area contributed by atoms with Gasteiger partial charge in [-0.15, -0.1) is 0 Å². The van der Waals surface area contributed by atoms with Gasteiger partial charge < -0.3 is 15.0 Å². The van der Waals surface area contributed by atoms with Crippen molar-refractivity contribution >= 4 is 5.69 Å². The van der Waals surface area contributed by atoms with E-state index in [1.54, 1.807) is 7.11 Å². The summed E-state index contributed by atoms with van der Waals surface area (Å²) in [6, 6.07) is 2.81. The second-order valence-electron chi connectivity index (χ2n) is 5.95. The van der Waals surface area contributed by atoms with Crippen LogP contribution < -0.4 is 10.2 Å². The van der Waals surface area contributed by atoms with Gasteiger partial charge in [0.2, 0.25) is 0 Å². The lowest BCUT2D eigenvalue weighted by Gasteiger charge is -2.26. The number of hydrogen-bond acceptors (Lipinski definition) is 4. The minimum atomic E-state index is 0.674. The van der Waals surface area contributed by atoms with Crippen LogP contribution in [0.3, 0.4) is 0 Å². The molecule has 0 aromatic carbocycles. The Hall–Kier alpha value is -1.13. The van der Waals surface area contributed by atoms with Crippen LogP contribution in [0, 0.1) is 5.92 Å². The van der Waals surface area contributed by atoms with Crippen molar-refractivity contribution in [2.75, 3.05) is 31.7 Å². The highest BCUT2D eigenvalue weighted by Gasteiger charge is 2.30. The van der Waals surface area contributed by atoms with Gasteiger partial charge in [0.05, 0.1) is 18.5 Å². The fourth-order valence-electron chi connectivity index (χ4n) is 2.39. The van der Waals surface area contributed by atoms with Crippen molar-refractivity contribution in [1.29, 1.82) is 0 Å². The lowest BCUT2D eigenvalue weighted by molar-refractivity contribution is 0.205. The summed E-state index contributed by atoms with van der Waals surface area (Å²) in [6.07, 6.45) is 6.46. The van der Waals surface area contributed by atoms with Crippen LogP contribution in [0.15, 0.2) is 18.5 Å². The van der Waals surface area contributed by atoms with E-state index in [4.69, 9.17) is 4.74 Å². The van der Waals surface area contributed by atoms with E-state index in [1.807, 2.05) is 12.4 Å². The molecule has 1 N–H and O–H groups in total. The molecule has 0 saturated heterocycles. The summed E-state index contributed by atoms with van der Waals surface area (Å²) in [7, 11) is 1.76. The molecule has 0 radical (unpaired) electrons. The second-order valence-corrected chi connectivity index (χ2v) is 5.95. The molecule has 1 fully saturated rings. The van der Waals surface area contributed by atoms with Crippen molar-refractivity contribution in [2.45, 2.75) is 39.3 Å². The van der Waals surface area contributed by atoms with E-state index in [0.717, 1.165) is 26.2 Å². The molecule has 4 nitrogen and oxygen atoms in total. The Morgan fingerprint density at radius 2 is 2.25 bits per heavy atom.